The van der Waals surface area contributed by atoms with E-state index in [4.69, 9.17) is 10.5 Å². The second kappa shape index (κ2) is 6.41. The fraction of sp³-hybridized carbons (Fsp3) is 0.118. The van der Waals surface area contributed by atoms with E-state index in [2.05, 4.69) is 10.5 Å². The molecule has 7 nitrogen and oxygen atoms in total. The Labute approximate surface area is 137 Å². The van der Waals surface area contributed by atoms with Crippen molar-refractivity contribution in [3.05, 3.63) is 59.7 Å². The Morgan fingerprint density at radius 1 is 1.21 bits per heavy atom. The molecule has 2 amide bonds. The van der Waals surface area contributed by atoms with Crippen LogP contribution in [-0.4, -0.2) is 22.8 Å². The first kappa shape index (κ1) is 15.5. The van der Waals surface area contributed by atoms with Crippen molar-refractivity contribution in [3.63, 3.8) is 0 Å². The van der Waals surface area contributed by atoms with Crippen molar-refractivity contribution < 1.29 is 19.4 Å². The number of amides is 2. The van der Waals surface area contributed by atoms with E-state index >= 15 is 0 Å². The monoisotopic (exact) mass is 325 g/mol. The Balaban J connectivity index is 1.96. The number of ether oxygens (including phenoxy) is 1. The van der Waals surface area contributed by atoms with E-state index in [1.807, 2.05) is 6.07 Å². The summed E-state index contributed by atoms with van der Waals surface area (Å²) in [5.74, 6) is -0.484. The fourth-order valence-corrected chi connectivity index (χ4v) is 2.61. The van der Waals surface area contributed by atoms with Gasteiger partial charge in [-0.05, 0) is 18.2 Å². The van der Waals surface area contributed by atoms with Gasteiger partial charge in [0.05, 0.1) is 11.6 Å². The number of urea groups is 1. The summed E-state index contributed by atoms with van der Waals surface area (Å²) < 4.78 is 5.24. The van der Waals surface area contributed by atoms with Gasteiger partial charge >= 0.3 is 12.0 Å². The van der Waals surface area contributed by atoms with Gasteiger partial charge in [0, 0.05) is 17.5 Å². The molecular formula is C17H15N3O4. The molecule has 0 bridgehead atoms. The number of hydrogen-bond acceptors (Lipinski definition) is 5. The number of esters is 1. The third kappa shape index (κ3) is 3.05. The first-order valence-corrected chi connectivity index (χ1v) is 7.27. The van der Waals surface area contributed by atoms with Crippen LogP contribution in [-0.2, 0) is 4.79 Å². The number of nitrogens with zero attached hydrogens (tertiary/aromatic N) is 1. The summed E-state index contributed by atoms with van der Waals surface area (Å²) in [6.07, 6.45) is 0.147. The highest BCUT2D eigenvalue weighted by Crippen LogP contribution is 2.37. The van der Waals surface area contributed by atoms with Gasteiger partial charge in [0.1, 0.15) is 11.5 Å². The van der Waals surface area contributed by atoms with E-state index in [1.54, 1.807) is 36.4 Å². The van der Waals surface area contributed by atoms with Gasteiger partial charge in [-0.25, -0.2) is 10.2 Å². The van der Waals surface area contributed by atoms with Crippen molar-refractivity contribution in [2.45, 2.75) is 12.3 Å². The number of nitrogens with two attached hydrogens (primary N) is 1. The fourth-order valence-electron chi connectivity index (χ4n) is 2.61. The second-order valence-electron chi connectivity index (χ2n) is 5.27. The number of fused-ring (bicyclic) bond motifs is 1. The quantitative estimate of drug-likeness (QED) is 0.344. The van der Waals surface area contributed by atoms with E-state index in [1.165, 1.54) is 6.07 Å². The van der Waals surface area contributed by atoms with Gasteiger partial charge in [-0.2, -0.15) is 5.10 Å². The molecule has 3 rings (SSSR count). The molecule has 2 aromatic rings. The number of hydrogen-bond donors (Lipinski definition) is 3. The minimum atomic E-state index is -0.836. The van der Waals surface area contributed by atoms with Crippen LogP contribution in [0.3, 0.4) is 0 Å². The minimum Gasteiger partial charge on any atom is -0.507 e. The lowest BCUT2D eigenvalue weighted by Crippen LogP contribution is -2.27. The van der Waals surface area contributed by atoms with Crippen LogP contribution in [0.1, 0.15) is 23.5 Å². The number of benzene rings is 2. The van der Waals surface area contributed by atoms with E-state index in [0.717, 1.165) is 5.56 Å². The van der Waals surface area contributed by atoms with Crippen LogP contribution in [0.25, 0.3) is 0 Å². The number of nitrogens with one attached hydrogen (secondary N) is 1. The van der Waals surface area contributed by atoms with E-state index in [-0.39, 0.29) is 12.2 Å². The summed E-state index contributed by atoms with van der Waals surface area (Å²) in [6, 6.07) is 12.8. The molecule has 24 heavy (non-hydrogen) atoms. The van der Waals surface area contributed by atoms with E-state index < -0.39 is 17.9 Å². The molecule has 0 unspecified atom stereocenters. The average molecular weight is 325 g/mol. The molecule has 7 heteroatoms. The van der Waals surface area contributed by atoms with Crippen molar-refractivity contribution in [1.82, 2.24) is 5.43 Å². The van der Waals surface area contributed by atoms with Crippen LogP contribution < -0.4 is 15.9 Å². The first-order chi connectivity index (χ1) is 11.6. The Bertz CT molecular complexity index is 832. The molecule has 1 atom stereocenters. The summed E-state index contributed by atoms with van der Waals surface area (Å²) >= 11 is 0. The normalized spacial score (nSPS) is 16.4. The molecule has 122 valence electrons. The molecule has 0 fully saturated rings. The number of phenols is 1. The molecule has 2 aromatic carbocycles. The van der Waals surface area contributed by atoms with Crippen LogP contribution in [0.4, 0.5) is 4.79 Å². The van der Waals surface area contributed by atoms with Gasteiger partial charge in [0.25, 0.3) is 0 Å². The highest BCUT2D eigenvalue weighted by Gasteiger charge is 2.34. The van der Waals surface area contributed by atoms with Crippen LogP contribution in [0, 0.1) is 0 Å². The molecule has 0 saturated heterocycles. The summed E-state index contributed by atoms with van der Waals surface area (Å²) in [6.45, 7) is 0. The maximum absolute atomic E-state index is 12.2. The predicted molar refractivity (Wildman–Crippen MR) is 86.8 cm³/mol. The number of para-hydroxylation sites is 2. The van der Waals surface area contributed by atoms with Crippen molar-refractivity contribution in [3.8, 4) is 11.5 Å². The molecule has 0 aromatic heterocycles. The highest BCUT2D eigenvalue weighted by atomic mass is 16.5. The van der Waals surface area contributed by atoms with Gasteiger partial charge in [0.15, 0.2) is 0 Å². The maximum Gasteiger partial charge on any atom is 0.332 e. The van der Waals surface area contributed by atoms with E-state index in [0.29, 0.717) is 17.0 Å². The van der Waals surface area contributed by atoms with E-state index in [9.17, 15) is 14.7 Å². The molecule has 4 N–H and O–H groups in total. The molecule has 1 heterocycles. The standard InChI is InChI=1S/C17H15N3O4/c18-17(23)20-19-13(11-6-1-3-7-14(11)21)9-12-10-5-2-4-8-15(10)24-16(12)22/h1-8,12,21H,9H2,(H3,18,20,23)/b19-13-/t12-/m0/s1. The predicted octanol–water partition coefficient (Wildman–Crippen LogP) is 1.86. The van der Waals surface area contributed by atoms with Gasteiger partial charge in [-0.3, -0.25) is 4.79 Å². The Hall–Kier alpha value is -3.35. The van der Waals surface area contributed by atoms with Crippen molar-refractivity contribution in [2.24, 2.45) is 10.8 Å². The zero-order valence-corrected chi connectivity index (χ0v) is 12.6. The summed E-state index contributed by atoms with van der Waals surface area (Å²) in [4.78, 5) is 23.1. The summed E-state index contributed by atoms with van der Waals surface area (Å²) in [5.41, 5.74) is 8.68. The lowest BCUT2D eigenvalue weighted by Gasteiger charge is -2.12. The SMILES string of the molecule is NC(=O)N/N=C(/C[C@@H]1C(=O)Oc2ccccc21)c1ccccc1O. The molecule has 0 radical (unpaired) electrons. The highest BCUT2D eigenvalue weighted by molar-refractivity contribution is 6.06. The smallest absolute Gasteiger partial charge is 0.332 e. The molecule has 1 aliphatic heterocycles. The lowest BCUT2D eigenvalue weighted by atomic mass is 9.92. The van der Waals surface area contributed by atoms with Crippen LogP contribution in [0.15, 0.2) is 53.6 Å². The van der Waals surface area contributed by atoms with Crippen molar-refractivity contribution >= 4 is 17.7 Å². The number of carbonyl (C=O) groups excluding carboxylic acids is 2. The number of aromatic hydroxyl groups is 1. The number of primary amides is 1. The average Bonchev–Trinajstić information content (AvgIpc) is 2.87. The number of carbonyl (C=O) groups is 2. The van der Waals surface area contributed by atoms with Gasteiger partial charge in [0.2, 0.25) is 0 Å². The zero-order chi connectivity index (χ0) is 17.1. The lowest BCUT2D eigenvalue weighted by molar-refractivity contribution is -0.133. The topological polar surface area (TPSA) is 114 Å². The third-order valence-electron chi connectivity index (χ3n) is 3.70. The largest absolute Gasteiger partial charge is 0.507 e. The molecule has 0 saturated carbocycles. The third-order valence-corrected chi connectivity index (χ3v) is 3.70. The molecular weight excluding hydrogens is 310 g/mol. The van der Waals surface area contributed by atoms with Crippen molar-refractivity contribution in [1.29, 1.82) is 0 Å². The minimum absolute atomic E-state index is 0.0119. The Kier molecular flexibility index (Phi) is 4.15. The van der Waals surface area contributed by atoms with Crippen LogP contribution >= 0.6 is 0 Å². The van der Waals surface area contributed by atoms with Gasteiger partial charge in [-0.1, -0.05) is 30.3 Å². The number of phenolic OH excluding ortho intramolecular Hbond substituents is 1. The Morgan fingerprint density at radius 3 is 2.67 bits per heavy atom. The molecule has 0 aliphatic carbocycles. The first-order valence-electron chi connectivity index (χ1n) is 7.27. The van der Waals surface area contributed by atoms with Gasteiger partial charge < -0.3 is 15.6 Å². The van der Waals surface area contributed by atoms with Crippen molar-refractivity contribution in [2.75, 3.05) is 0 Å². The zero-order valence-electron chi connectivity index (χ0n) is 12.6. The Morgan fingerprint density at radius 2 is 1.92 bits per heavy atom. The summed E-state index contributed by atoms with van der Waals surface area (Å²) in [5, 5.41) is 14.0. The van der Waals surface area contributed by atoms with Crippen LogP contribution in [0.2, 0.25) is 0 Å². The molecule has 1 aliphatic rings. The van der Waals surface area contributed by atoms with Gasteiger partial charge in [-0.15, -0.1) is 0 Å². The number of hydrazone groups is 1. The maximum atomic E-state index is 12.2. The molecule has 0 spiro atoms. The second-order valence-corrected chi connectivity index (χ2v) is 5.27. The number of rotatable bonds is 4. The van der Waals surface area contributed by atoms with Crippen LogP contribution in [0.5, 0.6) is 11.5 Å². The summed E-state index contributed by atoms with van der Waals surface area (Å²) in [7, 11) is 0.